The van der Waals surface area contributed by atoms with E-state index in [1.165, 1.54) is 4.90 Å². The van der Waals surface area contributed by atoms with Crippen molar-refractivity contribution in [3.63, 3.8) is 0 Å². The van der Waals surface area contributed by atoms with Crippen molar-refractivity contribution in [2.75, 3.05) is 14.1 Å². The summed E-state index contributed by atoms with van der Waals surface area (Å²) in [6.07, 6.45) is 1.77. The molecule has 0 aromatic carbocycles. The molecule has 1 rings (SSSR count). The van der Waals surface area contributed by atoms with E-state index in [1.807, 2.05) is 0 Å². The van der Waals surface area contributed by atoms with Gasteiger partial charge in [-0.15, -0.1) is 0 Å². The van der Waals surface area contributed by atoms with Gasteiger partial charge >= 0.3 is 0 Å². The zero-order chi connectivity index (χ0) is 14.6. The molecule has 1 N–H and O–H groups in total. The quantitative estimate of drug-likeness (QED) is 0.746. The molecule has 5 nitrogen and oxygen atoms in total. The third-order valence-electron chi connectivity index (χ3n) is 3.30. The molecule has 0 aromatic rings. The van der Waals surface area contributed by atoms with E-state index in [1.54, 1.807) is 27.9 Å². The zero-order valence-corrected chi connectivity index (χ0v) is 12.7. The van der Waals surface area contributed by atoms with Gasteiger partial charge < -0.3 is 19.5 Å². The first-order valence-corrected chi connectivity index (χ1v) is 7.03. The second-order valence-electron chi connectivity index (χ2n) is 5.82. The number of likely N-dealkylation sites (N-methyl/N-ethyl adjacent to an activating group) is 1. The van der Waals surface area contributed by atoms with Crippen molar-refractivity contribution in [1.29, 1.82) is 0 Å². The lowest BCUT2D eigenvalue weighted by Crippen LogP contribution is -2.45. The zero-order valence-electron chi connectivity index (χ0n) is 12.7. The largest absolute Gasteiger partial charge is 0.390 e. The normalized spacial score (nSPS) is 27.3. The Balaban J connectivity index is 2.69. The van der Waals surface area contributed by atoms with Crippen molar-refractivity contribution in [2.24, 2.45) is 0 Å². The number of unbranched alkanes of at least 4 members (excludes halogenated alkanes) is 2. The van der Waals surface area contributed by atoms with Gasteiger partial charge in [-0.1, -0.05) is 26.2 Å². The van der Waals surface area contributed by atoms with E-state index in [2.05, 4.69) is 6.92 Å². The van der Waals surface area contributed by atoms with Crippen LogP contribution in [0.5, 0.6) is 0 Å². The standard InChI is InChI=1S/C14H27NO4/c1-6-7-8-9-10(16)11-12(13(17)15(4)5)19-14(2,3)18-11/h10-12,16H,6-9H2,1-5H3/t10-,11+,12-/m1/s1. The van der Waals surface area contributed by atoms with Crippen molar-refractivity contribution in [2.45, 2.75) is 70.6 Å². The molecule has 112 valence electrons. The van der Waals surface area contributed by atoms with Crippen LogP contribution in [0.2, 0.25) is 0 Å². The first-order chi connectivity index (χ1) is 8.78. The Bertz CT molecular complexity index is 304. The molecule has 0 radical (unpaired) electrons. The van der Waals surface area contributed by atoms with Crippen LogP contribution in [0.15, 0.2) is 0 Å². The molecule has 1 fully saturated rings. The number of hydrogen-bond donors (Lipinski definition) is 1. The fraction of sp³-hybridized carbons (Fsp3) is 0.929. The van der Waals surface area contributed by atoms with Crippen LogP contribution in [0.1, 0.15) is 46.5 Å². The Labute approximate surface area is 115 Å². The van der Waals surface area contributed by atoms with Crippen molar-refractivity contribution < 1.29 is 19.4 Å². The van der Waals surface area contributed by atoms with E-state index in [0.29, 0.717) is 6.42 Å². The summed E-state index contributed by atoms with van der Waals surface area (Å²) >= 11 is 0. The van der Waals surface area contributed by atoms with Crippen LogP contribution >= 0.6 is 0 Å². The molecule has 19 heavy (non-hydrogen) atoms. The molecule has 0 saturated carbocycles. The number of hydrogen-bond acceptors (Lipinski definition) is 4. The van der Waals surface area contributed by atoms with Crippen molar-refractivity contribution in [1.82, 2.24) is 4.90 Å². The monoisotopic (exact) mass is 273 g/mol. The molecule has 3 atom stereocenters. The van der Waals surface area contributed by atoms with Crippen LogP contribution in [0.25, 0.3) is 0 Å². The molecule has 0 spiro atoms. The Kier molecular flexibility index (Phi) is 5.77. The summed E-state index contributed by atoms with van der Waals surface area (Å²) in [5.74, 6) is -0.989. The summed E-state index contributed by atoms with van der Waals surface area (Å²) in [6.45, 7) is 5.65. The van der Waals surface area contributed by atoms with Crippen molar-refractivity contribution in [3.8, 4) is 0 Å². The van der Waals surface area contributed by atoms with E-state index >= 15 is 0 Å². The minimum absolute atomic E-state index is 0.162. The van der Waals surface area contributed by atoms with E-state index < -0.39 is 24.1 Å². The summed E-state index contributed by atoms with van der Waals surface area (Å²) in [7, 11) is 3.36. The number of aliphatic hydroxyl groups excluding tert-OH is 1. The van der Waals surface area contributed by atoms with Gasteiger partial charge in [-0.2, -0.15) is 0 Å². The number of aliphatic hydroxyl groups is 1. The summed E-state index contributed by atoms with van der Waals surface area (Å²) in [5.41, 5.74) is 0. The number of rotatable bonds is 6. The fourth-order valence-electron chi connectivity index (χ4n) is 2.28. The maximum Gasteiger partial charge on any atom is 0.254 e. The third-order valence-corrected chi connectivity index (χ3v) is 3.30. The highest BCUT2D eigenvalue weighted by Crippen LogP contribution is 2.32. The Morgan fingerprint density at radius 1 is 1.32 bits per heavy atom. The first-order valence-electron chi connectivity index (χ1n) is 7.03. The van der Waals surface area contributed by atoms with Gasteiger partial charge in [0.05, 0.1) is 6.10 Å². The highest BCUT2D eigenvalue weighted by molar-refractivity contribution is 5.81. The highest BCUT2D eigenvalue weighted by atomic mass is 16.8. The number of carbonyl (C=O) groups is 1. The average molecular weight is 273 g/mol. The summed E-state index contributed by atoms with van der Waals surface area (Å²) < 4.78 is 11.3. The van der Waals surface area contributed by atoms with E-state index in [4.69, 9.17) is 9.47 Å². The Morgan fingerprint density at radius 2 is 1.95 bits per heavy atom. The molecule has 0 unspecified atom stereocenters. The van der Waals surface area contributed by atoms with Gasteiger partial charge in [0.1, 0.15) is 6.10 Å². The lowest BCUT2D eigenvalue weighted by atomic mass is 10.0. The molecular weight excluding hydrogens is 246 g/mol. The van der Waals surface area contributed by atoms with E-state index in [-0.39, 0.29) is 5.91 Å². The smallest absolute Gasteiger partial charge is 0.254 e. The summed E-state index contributed by atoms with van der Waals surface area (Å²) in [5, 5.41) is 10.2. The van der Waals surface area contributed by atoms with Crippen LogP contribution in [0.4, 0.5) is 0 Å². The van der Waals surface area contributed by atoms with Crippen LogP contribution in [-0.2, 0) is 14.3 Å². The predicted octanol–water partition coefficient (Wildman–Crippen LogP) is 1.54. The third kappa shape index (κ3) is 4.44. The minimum atomic E-state index is -0.827. The minimum Gasteiger partial charge on any atom is -0.390 e. The fourth-order valence-corrected chi connectivity index (χ4v) is 2.28. The van der Waals surface area contributed by atoms with Gasteiger partial charge in [0.2, 0.25) is 0 Å². The van der Waals surface area contributed by atoms with Crippen LogP contribution in [-0.4, -0.2) is 54.1 Å². The van der Waals surface area contributed by atoms with E-state index in [0.717, 1.165) is 19.3 Å². The Hall–Kier alpha value is -0.650. The maximum atomic E-state index is 12.1. The van der Waals surface area contributed by atoms with E-state index in [9.17, 15) is 9.90 Å². The van der Waals surface area contributed by atoms with Gasteiger partial charge in [-0.25, -0.2) is 0 Å². The maximum absolute atomic E-state index is 12.1. The molecule has 1 amide bonds. The SMILES string of the molecule is CCCCC[C@@H](O)[C@@H]1OC(C)(C)O[C@H]1C(=O)N(C)C. The van der Waals surface area contributed by atoms with Crippen molar-refractivity contribution in [3.05, 3.63) is 0 Å². The number of nitrogens with zero attached hydrogens (tertiary/aromatic N) is 1. The molecule has 0 bridgehead atoms. The van der Waals surface area contributed by atoms with Gasteiger partial charge in [0.25, 0.3) is 5.91 Å². The molecule has 1 aliphatic rings. The lowest BCUT2D eigenvalue weighted by molar-refractivity contribution is -0.163. The van der Waals surface area contributed by atoms with Crippen LogP contribution in [0.3, 0.4) is 0 Å². The molecular formula is C14H27NO4. The topological polar surface area (TPSA) is 59.0 Å². The number of carbonyl (C=O) groups excluding carboxylic acids is 1. The first kappa shape index (κ1) is 16.4. The van der Waals surface area contributed by atoms with Crippen LogP contribution < -0.4 is 0 Å². The van der Waals surface area contributed by atoms with Crippen molar-refractivity contribution >= 4 is 5.91 Å². The van der Waals surface area contributed by atoms with Gasteiger partial charge in [0.15, 0.2) is 11.9 Å². The second kappa shape index (κ2) is 6.68. The highest BCUT2D eigenvalue weighted by Gasteiger charge is 2.48. The molecule has 1 saturated heterocycles. The van der Waals surface area contributed by atoms with Gasteiger partial charge in [-0.3, -0.25) is 4.79 Å². The van der Waals surface area contributed by atoms with Gasteiger partial charge in [0, 0.05) is 14.1 Å². The molecule has 1 heterocycles. The molecule has 0 aromatic heterocycles. The predicted molar refractivity (Wildman–Crippen MR) is 72.7 cm³/mol. The number of amides is 1. The van der Waals surface area contributed by atoms with Crippen LogP contribution in [0, 0.1) is 0 Å². The summed E-state index contributed by atoms with van der Waals surface area (Å²) in [4.78, 5) is 13.6. The molecule has 5 heteroatoms. The second-order valence-corrected chi connectivity index (χ2v) is 5.82. The average Bonchev–Trinajstić information content (AvgIpc) is 2.64. The molecule has 0 aliphatic carbocycles. The molecule has 1 aliphatic heterocycles. The summed E-state index contributed by atoms with van der Waals surface area (Å²) in [6, 6.07) is 0. The number of ether oxygens (including phenoxy) is 2. The Morgan fingerprint density at radius 3 is 2.47 bits per heavy atom. The van der Waals surface area contributed by atoms with Gasteiger partial charge in [-0.05, 0) is 20.3 Å². The lowest BCUT2D eigenvalue weighted by Gasteiger charge is -2.23.